The average Bonchev–Trinajstić information content (AvgIpc) is 2.47. The summed E-state index contributed by atoms with van der Waals surface area (Å²) in [7, 11) is 1.77. The van der Waals surface area contributed by atoms with Crippen LogP contribution in [0.3, 0.4) is 0 Å². The molecule has 112 valence electrons. The Hall–Kier alpha value is -1.02. The lowest BCUT2D eigenvalue weighted by Crippen LogP contribution is -2.28. The van der Waals surface area contributed by atoms with Gasteiger partial charge in [-0.2, -0.15) is 0 Å². The van der Waals surface area contributed by atoms with E-state index in [1.807, 2.05) is 0 Å². The monoisotopic (exact) mass is 275 g/mol. The quantitative estimate of drug-likeness (QED) is 0.825. The molecule has 1 aliphatic rings. The Labute approximate surface area is 123 Å². The molecule has 2 nitrogen and oxygen atoms in total. The molecule has 0 amide bonds. The highest BCUT2D eigenvalue weighted by molar-refractivity contribution is 5.52. The molecule has 1 aromatic rings. The molecular weight excluding hydrogens is 246 g/mol. The number of benzene rings is 1. The summed E-state index contributed by atoms with van der Waals surface area (Å²) in [6.07, 6.45) is 6.34. The van der Waals surface area contributed by atoms with Crippen LogP contribution in [0.2, 0.25) is 0 Å². The first kappa shape index (κ1) is 15.4. The number of hydrogen-bond acceptors (Lipinski definition) is 2. The van der Waals surface area contributed by atoms with E-state index >= 15 is 0 Å². The highest BCUT2D eigenvalue weighted by Crippen LogP contribution is 2.31. The predicted octanol–water partition coefficient (Wildman–Crippen LogP) is 4.50. The van der Waals surface area contributed by atoms with Gasteiger partial charge in [0.05, 0.1) is 6.61 Å². The fraction of sp³-hybridized carbons (Fsp3) is 0.667. The Morgan fingerprint density at radius 1 is 1.15 bits per heavy atom. The van der Waals surface area contributed by atoms with E-state index in [9.17, 15) is 0 Å². The molecule has 0 saturated heterocycles. The highest BCUT2D eigenvalue weighted by Gasteiger charge is 2.23. The summed E-state index contributed by atoms with van der Waals surface area (Å²) in [5.74, 6) is 1.77. The number of rotatable bonds is 6. The normalized spacial score (nSPS) is 23.0. The van der Waals surface area contributed by atoms with Crippen LogP contribution in [0, 0.1) is 11.8 Å². The van der Waals surface area contributed by atoms with E-state index in [2.05, 4.69) is 43.4 Å². The zero-order valence-electron chi connectivity index (χ0n) is 13.2. The van der Waals surface area contributed by atoms with Crippen molar-refractivity contribution < 1.29 is 4.74 Å². The molecule has 1 saturated carbocycles. The Morgan fingerprint density at radius 3 is 2.50 bits per heavy atom. The van der Waals surface area contributed by atoms with Gasteiger partial charge in [-0.3, -0.25) is 0 Å². The minimum Gasteiger partial charge on any atom is -0.384 e. The van der Waals surface area contributed by atoms with Crippen LogP contribution >= 0.6 is 0 Å². The molecule has 0 unspecified atom stereocenters. The van der Waals surface area contributed by atoms with E-state index in [0.717, 1.165) is 24.9 Å². The maximum absolute atomic E-state index is 5.20. The van der Waals surface area contributed by atoms with Crippen molar-refractivity contribution in [3.05, 3.63) is 29.8 Å². The first-order valence-electron chi connectivity index (χ1n) is 8.04. The number of anilines is 1. The Balaban J connectivity index is 1.90. The molecule has 0 aromatic heterocycles. The van der Waals surface area contributed by atoms with E-state index in [4.69, 9.17) is 4.74 Å². The third-order valence-electron chi connectivity index (χ3n) is 4.67. The highest BCUT2D eigenvalue weighted by atomic mass is 16.5. The van der Waals surface area contributed by atoms with Crippen molar-refractivity contribution in [2.75, 3.05) is 19.0 Å². The van der Waals surface area contributed by atoms with Crippen LogP contribution in [0.4, 0.5) is 5.69 Å². The molecule has 0 aliphatic heterocycles. The lowest BCUT2D eigenvalue weighted by molar-refractivity contribution is 0.202. The second kappa shape index (κ2) is 7.68. The molecule has 1 aliphatic carbocycles. The topological polar surface area (TPSA) is 21.3 Å². The van der Waals surface area contributed by atoms with Crippen molar-refractivity contribution >= 4 is 5.69 Å². The second-order valence-electron chi connectivity index (χ2n) is 6.40. The molecule has 1 aromatic carbocycles. The standard InChI is InChI=1S/C18H29NO/c1-14(2)15-8-10-17(11-9-15)19-18-7-5-4-6-16(18)12-13-20-3/h4-7,14-15,17,19H,8-13H2,1-3H3. The van der Waals surface area contributed by atoms with Gasteiger partial charge in [-0.15, -0.1) is 0 Å². The summed E-state index contributed by atoms with van der Waals surface area (Å²) in [6.45, 7) is 5.51. The molecule has 20 heavy (non-hydrogen) atoms. The number of nitrogens with one attached hydrogen (secondary N) is 1. The molecule has 0 bridgehead atoms. The average molecular weight is 275 g/mol. The zero-order valence-corrected chi connectivity index (χ0v) is 13.2. The van der Waals surface area contributed by atoms with Crippen LogP contribution in [0.15, 0.2) is 24.3 Å². The van der Waals surface area contributed by atoms with Crippen LogP contribution in [0.25, 0.3) is 0 Å². The molecule has 2 heteroatoms. The summed E-state index contributed by atoms with van der Waals surface area (Å²) in [5, 5.41) is 3.76. The van der Waals surface area contributed by atoms with Gasteiger partial charge in [-0.1, -0.05) is 32.0 Å². The predicted molar refractivity (Wildman–Crippen MR) is 86.2 cm³/mol. The van der Waals surface area contributed by atoms with E-state index in [1.165, 1.54) is 36.9 Å². The van der Waals surface area contributed by atoms with E-state index in [0.29, 0.717) is 6.04 Å². The van der Waals surface area contributed by atoms with Crippen molar-refractivity contribution in [3.8, 4) is 0 Å². The fourth-order valence-electron chi connectivity index (χ4n) is 3.24. The van der Waals surface area contributed by atoms with Gasteiger partial charge in [0.25, 0.3) is 0 Å². The van der Waals surface area contributed by atoms with Crippen LogP contribution in [0.5, 0.6) is 0 Å². The molecular formula is C18H29NO. The lowest BCUT2D eigenvalue weighted by atomic mass is 9.79. The SMILES string of the molecule is COCCc1ccccc1NC1CCC(C(C)C)CC1. The van der Waals surface area contributed by atoms with Gasteiger partial charge in [-0.25, -0.2) is 0 Å². The zero-order chi connectivity index (χ0) is 14.4. The first-order chi connectivity index (χ1) is 9.70. The van der Waals surface area contributed by atoms with Gasteiger partial charge in [-0.05, 0) is 55.6 Å². The fourth-order valence-corrected chi connectivity index (χ4v) is 3.24. The number of hydrogen-bond donors (Lipinski definition) is 1. The minimum absolute atomic E-state index is 0.647. The van der Waals surface area contributed by atoms with Crippen LogP contribution in [-0.4, -0.2) is 19.8 Å². The molecule has 0 atom stereocenters. The van der Waals surface area contributed by atoms with Crippen molar-refractivity contribution in [2.24, 2.45) is 11.8 Å². The molecule has 2 rings (SSSR count). The van der Waals surface area contributed by atoms with E-state index < -0.39 is 0 Å². The van der Waals surface area contributed by atoms with Crippen molar-refractivity contribution in [2.45, 2.75) is 52.0 Å². The second-order valence-corrected chi connectivity index (χ2v) is 6.40. The largest absolute Gasteiger partial charge is 0.384 e. The molecule has 1 fully saturated rings. The molecule has 0 radical (unpaired) electrons. The number of para-hydroxylation sites is 1. The van der Waals surface area contributed by atoms with Gasteiger partial charge in [0, 0.05) is 18.8 Å². The summed E-state index contributed by atoms with van der Waals surface area (Å²) < 4.78 is 5.20. The number of methoxy groups -OCH3 is 1. The Bertz CT molecular complexity index is 394. The minimum atomic E-state index is 0.647. The molecule has 1 N–H and O–H groups in total. The van der Waals surface area contributed by atoms with Gasteiger partial charge in [0.1, 0.15) is 0 Å². The van der Waals surface area contributed by atoms with Crippen LogP contribution in [-0.2, 0) is 11.2 Å². The van der Waals surface area contributed by atoms with Crippen molar-refractivity contribution in [1.29, 1.82) is 0 Å². The summed E-state index contributed by atoms with van der Waals surface area (Å²) in [4.78, 5) is 0. The smallest absolute Gasteiger partial charge is 0.0503 e. The maximum Gasteiger partial charge on any atom is 0.0503 e. The molecule has 0 spiro atoms. The van der Waals surface area contributed by atoms with Gasteiger partial charge < -0.3 is 10.1 Å². The van der Waals surface area contributed by atoms with E-state index in [-0.39, 0.29) is 0 Å². The van der Waals surface area contributed by atoms with E-state index in [1.54, 1.807) is 7.11 Å². The molecule has 0 heterocycles. The Morgan fingerprint density at radius 2 is 1.85 bits per heavy atom. The lowest BCUT2D eigenvalue weighted by Gasteiger charge is -2.32. The van der Waals surface area contributed by atoms with Crippen molar-refractivity contribution in [1.82, 2.24) is 0 Å². The first-order valence-corrected chi connectivity index (χ1v) is 8.04. The maximum atomic E-state index is 5.20. The van der Waals surface area contributed by atoms with Crippen molar-refractivity contribution in [3.63, 3.8) is 0 Å². The van der Waals surface area contributed by atoms with Gasteiger partial charge in [0.15, 0.2) is 0 Å². The third kappa shape index (κ3) is 4.24. The summed E-state index contributed by atoms with van der Waals surface area (Å²) >= 11 is 0. The van der Waals surface area contributed by atoms with Crippen LogP contribution < -0.4 is 5.32 Å². The summed E-state index contributed by atoms with van der Waals surface area (Å²) in [5.41, 5.74) is 2.68. The van der Waals surface area contributed by atoms with Gasteiger partial charge >= 0.3 is 0 Å². The van der Waals surface area contributed by atoms with Gasteiger partial charge in [0.2, 0.25) is 0 Å². The third-order valence-corrected chi connectivity index (χ3v) is 4.67. The Kier molecular flexibility index (Phi) is 5.90. The summed E-state index contributed by atoms with van der Waals surface area (Å²) in [6, 6.07) is 9.30. The number of ether oxygens (including phenoxy) is 1. The van der Waals surface area contributed by atoms with Crippen LogP contribution in [0.1, 0.15) is 45.1 Å².